The zero-order chi connectivity index (χ0) is 24.4. The van der Waals surface area contributed by atoms with Crippen LogP contribution >= 0.6 is 0 Å². The molecule has 0 saturated heterocycles. The Morgan fingerprint density at radius 2 is 1.62 bits per heavy atom. The van der Waals surface area contributed by atoms with Crippen LogP contribution in [0.5, 0.6) is 28.7 Å². The number of fused-ring (bicyclic) bond motifs is 2. The number of carbonyl (C=O) groups is 1. The molecule has 4 atom stereocenters. The molecule has 34 heavy (non-hydrogen) atoms. The number of aliphatic hydroxyl groups excluding tert-OH is 2. The second-order valence-corrected chi connectivity index (χ2v) is 8.26. The van der Waals surface area contributed by atoms with E-state index in [1.54, 1.807) is 24.3 Å². The first-order chi connectivity index (χ1) is 16.5. The number of hydrogen-bond donors (Lipinski definition) is 2. The number of esters is 1. The summed E-state index contributed by atoms with van der Waals surface area (Å²) in [5.41, 5.74) is 1.91. The van der Waals surface area contributed by atoms with Gasteiger partial charge in [-0.2, -0.15) is 0 Å². The molecule has 2 aliphatic rings. The van der Waals surface area contributed by atoms with Crippen molar-refractivity contribution in [3.63, 3.8) is 0 Å². The van der Waals surface area contributed by atoms with Crippen molar-refractivity contribution < 1.29 is 43.4 Å². The predicted molar refractivity (Wildman–Crippen MR) is 121 cm³/mol. The van der Waals surface area contributed by atoms with E-state index in [1.165, 1.54) is 21.3 Å². The van der Waals surface area contributed by atoms with Crippen LogP contribution in [0.4, 0.5) is 0 Å². The van der Waals surface area contributed by atoms with E-state index in [9.17, 15) is 15.0 Å². The summed E-state index contributed by atoms with van der Waals surface area (Å²) in [6, 6.07) is 7.03. The van der Waals surface area contributed by atoms with Crippen molar-refractivity contribution in [1.82, 2.24) is 0 Å². The van der Waals surface area contributed by atoms with Crippen molar-refractivity contribution in [2.45, 2.75) is 25.4 Å². The second kappa shape index (κ2) is 9.99. The lowest BCUT2D eigenvalue weighted by atomic mass is 9.65. The molecule has 0 unspecified atom stereocenters. The molecule has 2 N–H and O–H groups in total. The minimum atomic E-state index is -1.10. The van der Waals surface area contributed by atoms with Gasteiger partial charge >= 0.3 is 5.97 Å². The van der Waals surface area contributed by atoms with Crippen LogP contribution in [-0.2, 0) is 9.53 Å². The zero-order valence-corrected chi connectivity index (χ0v) is 19.7. The molecule has 0 aromatic heterocycles. The fraction of sp³-hybridized carbons (Fsp3) is 0.480. The third-order valence-corrected chi connectivity index (χ3v) is 6.44. The van der Waals surface area contributed by atoms with E-state index in [1.807, 2.05) is 6.92 Å². The smallest absolute Gasteiger partial charge is 0.310 e. The second-order valence-electron chi connectivity index (χ2n) is 8.26. The number of rotatable bonds is 8. The van der Waals surface area contributed by atoms with E-state index in [0.717, 1.165) is 0 Å². The Bertz CT molecular complexity index is 1030. The molecular formula is C25H30O9. The van der Waals surface area contributed by atoms with Gasteiger partial charge in [0.1, 0.15) is 0 Å². The molecule has 2 aromatic rings. The van der Waals surface area contributed by atoms with E-state index in [4.69, 9.17) is 28.4 Å². The number of aliphatic hydroxyl groups is 2. The summed E-state index contributed by atoms with van der Waals surface area (Å²) in [4.78, 5) is 13.3. The fourth-order valence-corrected chi connectivity index (χ4v) is 4.86. The van der Waals surface area contributed by atoms with Crippen molar-refractivity contribution >= 4 is 5.97 Å². The Hall–Kier alpha value is -3.17. The largest absolute Gasteiger partial charge is 0.493 e. The number of hydrogen-bond acceptors (Lipinski definition) is 9. The first-order valence-electron chi connectivity index (χ1n) is 11.2. The molecule has 0 amide bonds. The van der Waals surface area contributed by atoms with Crippen LogP contribution in [-0.4, -0.2) is 57.5 Å². The molecular weight excluding hydrogens is 444 g/mol. The molecule has 1 aliphatic heterocycles. The quantitative estimate of drug-likeness (QED) is 0.558. The molecule has 0 spiro atoms. The summed E-state index contributed by atoms with van der Waals surface area (Å²) < 4.78 is 33.2. The Kier molecular flexibility index (Phi) is 7.04. The van der Waals surface area contributed by atoms with Crippen molar-refractivity contribution in [1.29, 1.82) is 0 Å². The summed E-state index contributed by atoms with van der Waals surface area (Å²) in [7, 11) is 4.54. The lowest BCUT2D eigenvalue weighted by molar-refractivity contribution is -0.155. The number of ether oxygens (including phenoxy) is 6. The number of carbonyl (C=O) groups excluding carboxylic acids is 1. The van der Waals surface area contributed by atoms with Gasteiger partial charge < -0.3 is 38.6 Å². The van der Waals surface area contributed by atoms with Gasteiger partial charge in [0.15, 0.2) is 23.0 Å². The topological polar surface area (TPSA) is 113 Å². The van der Waals surface area contributed by atoms with Crippen molar-refractivity contribution in [3.8, 4) is 28.7 Å². The Morgan fingerprint density at radius 1 is 1.00 bits per heavy atom. The molecule has 184 valence electrons. The maximum absolute atomic E-state index is 13.3. The summed E-state index contributed by atoms with van der Waals surface area (Å²) in [6.07, 6.45) is -0.457. The average molecular weight is 475 g/mol. The molecule has 0 radical (unpaired) electrons. The lowest BCUT2D eigenvalue weighted by Crippen LogP contribution is -2.41. The van der Waals surface area contributed by atoms with Crippen LogP contribution in [0, 0.1) is 11.8 Å². The van der Waals surface area contributed by atoms with Gasteiger partial charge in [0.05, 0.1) is 40.0 Å². The maximum atomic E-state index is 13.3. The molecule has 0 saturated carbocycles. The van der Waals surface area contributed by atoms with Gasteiger partial charge in [0.2, 0.25) is 12.5 Å². The predicted octanol–water partition coefficient (Wildman–Crippen LogP) is 2.80. The Balaban J connectivity index is 1.96. The average Bonchev–Trinajstić information content (AvgIpc) is 3.32. The summed E-state index contributed by atoms with van der Waals surface area (Å²) >= 11 is 0. The molecule has 2 aromatic carbocycles. The molecule has 0 bridgehead atoms. The third kappa shape index (κ3) is 3.99. The van der Waals surface area contributed by atoms with Crippen LogP contribution in [0.15, 0.2) is 24.3 Å². The van der Waals surface area contributed by atoms with Crippen LogP contribution < -0.4 is 23.7 Å². The van der Waals surface area contributed by atoms with Crippen molar-refractivity contribution in [2.75, 3.05) is 41.3 Å². The van der Waals surface area contributed by atoms with Gasteiger partial charge in [-0.15, -0.1) is 0 Å². The molecule has 1 heterocycles. The van der Waals surface area contributed by atoms with Crippen LogP contribution in [0.1, 0.15) is 42.1 Å². The molecule has 9 heteroatoms. The SMILES string of the molecule is CCCOC(=O)[C@@H]1[C@H](c2cc(OC)c(OC)c(OC)c2)c2cc3c(cc2[C@H](O)[C@H]1CO)OCO3. The first kappa shape index (κ1) is 24.0. The van der Waals surface area contributed by atoms with Gasteiger partial charge in [0, 0.05) is 18.4 Å². The molecule has 1 aliphatic carbocycles. The highest BCUT2D eigenvalue weighted by molar-refractivity contribution is 5.77. The first-order valence-corrected chi connectivity index (χ1v) is 11.2. The van der Waals surface area contributed by atoms with Crippen LogP contribution in [0.25, 0.3) is 0 Å². The maximum Gasteiger partial charge on any atom is 0.310 e. The van der Waals surface area contributed by atoms with E-state index >= 15 is 0 Å². The lowest BCUT2D eigenvalue weighted by Gasteiger charge is -2.41. The monoisotopic (exact) mass is 474 g/mol. The van der Waals surface area contributed by atoms with Gasteiger partial charge in [-0.05, 0) is 47.4 Å². The summed E-state index contributed by atoms with van der Waals surface area (Å²) in [5.74, 6) is -0.484. The van der Waals surface area contributed by atoms with Crippen molar-refractivity contribution in [3.05, 3.63) is 41.0 Å². The minimum absolute atomic E-state index is 0.0641. The zero-order valence-electron chi connectivity index (χ0n) is 19.7. The highest BCUT2D eigenvalue weighted by atomic mass is 16.7. The van der Waals surface area contributed by atoms with Gasteiger partial charge in [0.25, 0.3) is 0 Å². The van der Waals surface area contributed by atoms with Gasteiger partial charge in [-0.25, -0.2) is 0 Å². The van der Waals surface area contributed by atoms with E-state index in [0.29, 0.717) is 51.9 Å². The van der Waals surface area contributed by atoms with Crippen molar-refractivity contribution in [2.24, 2.45) is 11.8 Å². The van der Waals surface area contributed by atoms with E-state index in [-0.39, 0.29) is 13.4 Å². The Labute approximate surface area is 198 Å². The van der Waals surface area contributed by atoms with E-state index < -0.39 is 36.4 Å². The van der Waals surface area contributed by atoms with Crippen LogP contribution in [0.3, 0.4) is 0 Å². The highest BCUT2D eigenvalue weighted by Gasteiger charge is 2.48. The van der Waals surface area contributed by atoms with Crippen LogP contribution in [0.2, 0.25) is 0 Å². The number of methoxy groups -OCH3 is 3. The minimum Gasteiger partial charge on any atom is -0.493 e. The third-order valence-electron chi connectivity index (χ3n) is 6.44. The van der Waals surface area contributed by atoms with Gasteiger partial charge in [-0.1, -0.05) is 6.92 Å². The molecule has 9 nitrogen and oxygen atoms in total. The Morgan fingerprint density at radius 3 is 2.15 bits per heavy atom. The molecule has 0 fully saturated rings. The summed E-state index contributed by atoms with van der Waals surface area (Å²) in [6.45, 7) is 1.79. The summed E-state index contributed by atoms with van der Waals surface area (Å²) in [5, 5.41) is 21.5. The van der Waals surface area contributed by atoms with Gasteiger partial charge in [-0.3, -0.25) is 4.79 Å². The van der Waals surface area contributed by atoms with E-state index in [2.05, 4.69) is 0 Å². The normalized spacial score (nSPS) is 22.6. The highest BCUT2D eigenvalue weighted by Crippen LogP contribution is 2.53. The number of benzene rings is 2. The fourth-order valence-electron chi connectivity index (χ4n) is 4.86. The molecule has 4 rings (SSSR count). The standard InChI is InChI=1S/C25H30O9/c1-5-6-32-25(28)22-16(11-26)23(27)15-10-18-17(33-12-34-18)9-14(15)21(22)13-7-19(29-2)24(31-4)20(8-13)30-3/h7-10,16,21-23,26-27H,5-6,11-12H2,1-4H3/t16-,21+,22-,23-/m0/s1.